The Labute approximate surface area is 110 Å². The van der Waals surface area contributed by atoms with Gasteiger partial charge in [-0.2, -0.15) is 0 Å². The van der Waals surface area contributed by atoms with E-state index in [0.717, 1.165) is 5.56 Å². The van der Waals surface area contributed by atoms with Crippen LogP contribution in [-0.4, -0.2) is 23.1 Å². The zero-order valence-corrected chi connectivity index (χ0v) is 11.9. The highest BCUT2D eigenvalue weighted by atomic mass is 16.6. The number of nitrogens with zero attached hydrogens (tertiary/aromatic N) is 1. The molecule has 0 heterocycles. The average molecular weight is 249 g/mol. The summed E-state index contributed by atoms with van der Waals surface area (Å²) in [5, 5.41) is 0. The van der Waals surface area contributed by atoms with Gasteiger partial charge in [-0.1, -0.05) is 30.3 Å². The lowest BCUT2D eigenvalue weighted by molar-refractivity contribution is 0.0511. The molecule has 1 rings (SSSR count). The molecule has 1 atom stereocenters. The molecule has 1 aromatic rings. The highest BCUT2D eigenvalue weighted by Crippen LogP contribution is 2.19. The van der Waals surface area contributed by atoms with Gasteiger partial charge in [0, 0.05) is 12.1 Å². The fraction of sp³-hybridized carbons (Fsp3) is 0.533. The van der Waals surface area contributed by atoms with E-state index in [-0.39, 0.29) is 24.3 Å². The minimum Gasteiger partial charge on any atom is -0.442 e. The van der Waals surface area contributed by atoms with Crippen LogP contribution in [0.3, 0.4) is 0 Å². The fourth-order valence-corrected chi connectivity index (χ4v) is 2.02. The highest BCUT2D eigenvalue weighted by Gasteiger charge is 2.23. The van der Waals surface area contributed by atoms with Crippen LogP contribution < -0.4 is 0 Å². The third-order valence-corrected chi connectivity index (χ3v) is 2.87. The van der Waals surface area contributed by atoms with Gasteiger partial charge in [-0.15, -0.1) is 0 Å². The van der Waals surface area contributed by atoms with E-state index in [1.54, 1.807) is 4.90 Å². The van der Waals surface area contributed by atoms with Crippen molar-refractivity contribution in [2.75, 3.05) is 0 Å². The van der Waals surface area contributed by atoms with Crippen molar-refractivity contribution in [2.45, 2.75) is 52.8 Å². The number of hydrogen-bond donors (Lipinski definition) is 0. The van der Waals surface area contributed by atoms with E-state index in [4.69, 9.17) is 4.74 Å². The second-order valence-electron chi connectivity index (χ2n) is 5.03. The minimum absolute atomic E-state index is 0.139. The van der Waals surface area contributed by atoms with Crippen molar-refractivity contribution in [3.8, 4) is 0 Å². The van der Waals surface area contributed by atoms with Gasteiger partial charge in [-0.25, -0.2) is 4.79 Å². The monoisotopic (exact) mass is 249 g/mol. The van der Waals surface area contributed by atoms with E-state index in [9.17, 15) is 4.79 Å². The minimum atomic E-state index is -0.253. The highest BCUT2D eigenvalue weighted by molar-refractivity contribution is 5.68. The van der Waals surface area contributed by atoms with E-state index in [2.05, 4.69) is 0 Å². The topological polar surface area (TPSA) is 29.5 Å². The molecule has 0 saturated carbocycles. The zero-order valence-electron chi connectivity index (χ0n) is 11.9. The molecule has 3 heteroatoms. The van der Waals surface area contributed by atoms with Gasteiger partial charge in [0.25, 0.3) is 0 Å². The van der Waals surface area contributed by atoms with Crippen LogP contribution in [0.25, 0.3) is 0 Å². The largest absolute Gasteiger partial charge is 0.442 e. The third kappa shape index (κ3) is 3.76. The molecule has 0 aliphatic carbocycles. The Morgan fingerprint density at radius 2 is 1.50 bits per heavy atom. The summed E-state index contributed by atoms with van der Waals surface area (Å²) in [6.45, 7) is 9.87. The Balaban J connectivity index is 2.69. The first-order valence-electron chi connectivity index (χ1n) is 6.47. The van der Waals surface area contributed by atoms with Gasteiger partial charge < -0.3 is 9.64 Å². The first-order valence-corrected chi connectivity index (χ1v) is 6.47. The Morgan fingerprint density at radius 3 is 1.94 bits per heavy atom. The van der Waals surface area contributed by atoms with Gasteiger partial charge in [0.15, 0.2) is 0 Å². The second-order valence-corrected chi connectivity index (χ2v) is 5.03. The number of carbonyl (C=O) groups excluding carboxylic acids is 1. The molecular weight excluding hydrogens is 226 g/mol. The fourth-order valence-electron chi connectivity index (χ4n) is 2.02. The van der Waals surface area contributed by atoms with Crippen molar-refractivity contribution < 1.29 is 9.53 Å². The Hall–Kier alpha value is -1.51. The quantitative estimate of drug-likeness (QED) is 0.807. The maximum absolute atomic E-state index is 12.1. The smallest absolute Gasteiger partial charge is 0.410 e. The van der Waals surface area contributed by atoms with E-state index < -0.39 is 0 Å². The number of hydrogen-bond acceptors (Lipinski definition) is 2. The van der Waals surface area contributed by atoms with Crippen LogP contribution >= 0.6 is 0 Å². The number of ether oxygens (including phenoxy) is 1. The third-order valence-electron chi connectivity index (χ3n) is 2.87. The van der Waals surface area contributed by atoms with Crippen molar-refractivity contribution in [3.63, 3.8) is 0 Å². The van der Waals surface area contributed by atoms with Crippen LogP contribution in [0.4, 0.5) is 4.79 Å². The molecule has 1 aromatic carbocycles. The Morgan fingerprint density at radius 1 is 1.00 bits per heavy atom. The van der Waals surface area contributed by atoms with Gasteiger partial charge in [-0.05, 0) is 40.2 Å². The van der Waals surface area contributed by atoms with Gasteiger partial charge >= 0.3 is 6.09 Å². The van der Waals surface area contributed by atoms with Crippen LogP contribution in [0.15, 0.2) is 30.3 Å². The summed E-state index contributed by atoms with van der Waals surface area (Å²) in [6, 6.07) is 10.1. The van der Waals surface area contributed by atoms with Crippen molar-refractivity contribution in [3.05, 3.63) is 35.9 Å². The van der Waals surface area contributed by atoms with E-state index in [0.29, 0.717) is 0 Å². The maximum Gasteiger partial charge on any atom is 0.410 e. The maximum atomic E-state index is 12.1. The number of rotatable bonds is 4. The molecule has 0 aromatic heterocycles. The summed E-state index contributed by atoms with van der Waals surface area (Å²) < 4.78 is 5.51. The summed E-state index contributed by atoms with van der Waals surface area (Å²) in [5.41, 5.74) is 1.01. The summed E-state index contributed by atoms with van der Waals surface area (Å²) in [7, 11) is 0. The predicted octanol–water partition coefficient (Wildman–Crippen LogP) is 4.00. The molecule has 3 nitrogen and oxygen atoms in total. The summed E-state index contributed by atoms with van der Waals surface area (Å²) in [6.07, 6.45) is -0.477. The van der Waals surface area contributed by atoms with Gasteiger partial charge in [0.05, 0.1) is 0 Å². The van der Waals surface area contributed by atoms with Crippen LogP contribution in [-0.2, 0) is 4.74 Å². The zero-order chi connectivity index (χ0) is 13.7. The molecule has 0 spiro atoms. The van der Waals surface area contributed by atoms with Gasteiger partial charge in [0.2, 0.25) is 0 Å². The van der Waals surface area contributed by atoms with Gasteiger partial charge in [-0.3, -0.25) is 0 Å². The molecule has 100 valence electrons. The molecule has 0 N–H and O–H groups in total. The van der Waals surface area contributed by atoms with Crippen molar-refractivity contribution in [2.24, 2.45) is 0 Å². The van der Waals surface area contributed by atoms with Crippen LogP contribution in [0.5, 0.6) is 0 Å². The molecule has 1 amide bonds. The van der Waals surface area contributed by atoms with E-state index >= 15 is 0 Å². The molecule has 0 bridgehead atoms. The van der Waals surface area contributed by atoms with Crippen LogP contribution in [0.1, 0.15) is 46.3 Å². The lowest BCUT2D eigenvalue weighted by Crippen LogP contribution is -2.42. The molecule has 0 aliphatic heterocycles. The summed E-state index contributed by atoms with van der Waals surface area (Å²) >= 11 is 0. The summed E-state index contributed by atoms with van der Waals surface area (Å²) in [4.78, 5) is 13.9. The van der Waals surface area contributed by atoms with Crippen molar-refractivity contribution >= 4 is 6.09 Å². The van der Waals surface area contributed by atoms with Crippen molar-refractivity contribution in [1.29, 1.82) is 0 Å². The first kappa shape index (κ1) is 14.6. The van der Waals surface area contributed by atoms with Crippen LogP contribution in [0, 0.1) is 0 Å². The molecule has 0 unspecified atom stereocenters. The normalized spacial score (nSPS) is 12.6. The molecular formula is C15H23NO2. The standard InChI is InChI=1S/C15H23NO2/c1-11(2)16(12(3)4)15(17)18-13(5)14-9-7-6-8-10-14/h6-13H,1-5H3/t13-/m0/s1. The predicted molar refractivity (Wildman–Crippen MR) is 73.4 cm³/mol. The molecule has 0 fully saturated rings. The Kier molecular flexibility index (Phi) is 5.20. The second kappa shape index (κ2) is 6.43. The van der Waals surface area contributed by atoms with E-state index in [1.165, 1.54) is 0 Å². The molecule has 0 saturated heterocycles. The van der Waals surface area contributed by atoms with E-state index in [1.807, 2.05) is 65.0 Å². The first-order chi connectivity index (χ1) is 8.43. The lowest BCUT2D eigenvalue weighted by Gasteiger charge is -2.31. The number of carbonyl (C=O) groups is 1. The van der Waals surface area contributed by atoms with Crippen LogP contribution in [0.2, 0.25) is 0 Å². The average Bonchev–Trinajstić information content (AvgIpc) is 2.28. The van der Waals surface area contributed by atoms with Gasteiger partial charge in [0.1, 0.15) is 6.10 Å². The molecule has 18 heavy (non-hydrogen) atoms. The summed E-state index contributed by atoms with van der Waals surface area (Å²) in [5.74, 6) is 0. The Bertz CT molecular complexity index is 365. The lowest BCUT2D eigenvalue weighted by atomic mass is 10.1. The molecule has 0 radical (unpaired) electrons. The number of benzene rings is 1. The SMILES string of the molecule is CC(C)N(C(=O)O[C@@H](C)c1ccccc1)C(C)C. The molecule has 0 aliphatic rings. The van der Waals surface area contributed by atoms with Crippen molar-refractivity contribution in [1.82, 2.24) is 4.90 Å². The number of amides is 1.